The lowest BCUT2D eigenvalue weighted by Crippen LogP contribution is -1.93. The molecular weight excluding hydrogens is 252 g/mol. The largest absolute Gasteiger partial charge is 0.446 e. The number of ether oxygens (including phenoxy) is 1. The van der Waals surface area contributed by atoms with Gasteiger partial charge in [0.25, 0.3) is 0 Å². The standard InChI is InChI=1S/C16H16N2O2/c1-12(19)13-3-9-16(10-4-13)20-11-18-15-7-5-14(17-2)6-8-15/h3-11,17H,1-2H3/b18-11+. The molecule has 2 aromatic carbocycles. The zero-order chi connectivity index (χ0) is 14.4. The number of hydrogen-bond acceptors (Lipinski definition) is 4. The van der Waals surface area contributed by atoms with E-state index in [4.69, 9.17) is 4.74 Å². The number of ketones is 1. The van der Waals surface area contributed by atoms with E-state index in [1.807, 2.05) is 31.3 Å². The maximum atomic E-state index is 11.1. The Kier molecular flexibility index (Phi) is 4.50. The van der Waals surface area contributed by atoms with Crippen molar-refractivity contribution in [2.45, 2.75) is 6.92 Å². The molecule has 0 aliphatic rings. The van der Waals surface area contributed by atoms with Crippen molar-refractivity contribution in [2.75, 3.05) is 12.4 Å². The Morgan fingerprint density at radius 3 is 2.30 bits per heavy atom. The van der Waals surface area contributed by atoms with Crippen LogP contribution in [-0.4, -0.2) is 19.2 Å². The molecule has 20 heavy (non-hydrogen) atoms. The van der Waals surface area contributed by atoms with Crippen molar-refractivity contribution in [3.8, 4) is 5.75 Å². The van der Waals surface area contributed by atoms with Crippen molar-refractivity contribution in [3.63, 3.8) is 0 Å². The van der Waals surface area contributed by atoms with Crippen LogP contribution in [0.5, 0.6) is 5.75 Å². The van der Waals surface area contributed by atoms with Crippen LogP contribution in [-0.2, 0) is 0 Å². The molecule has 0 amide bonds. The van der Waals surface area contributed by atoms with Gasteiger partial charge in [-0.05, 0) is 55.5 Å². The van der Waals surface area contributed by atoms with E-state index >= 15 is 0 Å². The third kappa shape index (κ3) is 3.68. The van der Waals surface area contributed by atoms with Gasteiger partial charge < -0.3 is 10.1 Å². The first-order valence-corrected chi connectivity index (χ1v) is 6.27. The second kappa shape index (κ2) is 6.52. The highest BCUT2D eigenvalue weighted by atomic mass is 16.5. The molecule has 0 unspecified atom stereocenters. The minimum absolute atomic E-state index is 0.0369. The molecule has 0 saturated carbocycles. The highest BCUT2D eigenvalue weighted by Gasteiger charge is 1.98. The number of benzene rings is 2. The SMILES string of the molecule is CNc1ccc(/N=C/Oc2ccc(C(C)=O)cc2)cc1. The summed E-state index contributed by atoms with van der Waals surface area (Å²) < 4.78 is 5.38. The van der Waals surface area contributed by atoms with Crippen LogP contribution in [0.2, 0.25) is 0 Å². The molecule has 2 aromatic rings. The Morgan fingerprint density at radius 1 is 1.10 bits per heavy atom. The van der Waals surface area contributed by atoms with Crippen LogP contribution >= 0.6 is 0 Å². The lowest BCUT2D eigenvalue weighted by Gasteiger charge is -2.01. The van der Waals surface area contributed by atoms with Gasteiger partial charge in [-0.15, -0.1) is 0 Å². The van der Waals surface area contributed by atoms with E-state index in [2.05, 4.69) is 10.3 Å². The maximum absolute atomic E-state index is 11.1. The van der Waals surface area contributed by atoms with E-state index in [1.165, 1.54) is 13.3 Å². The van der Waals surface area contributed by atoms with Gasteiger partial charge in [-0.2, -0.15) is 0 Å². The Balaban J connectivity index is 1.96. The van der Waals surface area contributed by atoms with Gasteiger partial charge in [-0.3, -0.25) is 4.79 Å². The third-order valence-corrected chi connectivity index (χ3v) is 2.81. The van der Waals surface area contributed by atoms with Gasteiger partial charge >= 0.3 is 0 Å². The van der Waals surface area contributed by atoms with E-state index in [9.17, 15) is 4.79 Å². The van der Waals surface area contributed by atoms with Gasteiger partial charge in [-0.1, -0.05) is 0 Å². The Morgan fingerprint density at radius 2 is 1.75 bits per heavy atom. The highest BCUT2D eigenvalue weighted by Crippen LogP contribution is 2.16. The number of nitrogens with one attached hydrogen (secondary N) is 1. The number of Topliss-reactive ketones (excluding diaryl/α,β-unsaturated/α-hetero) is 1. The van der Waals surface area contributed by atoms with E-state index < -0.39 is 0 Å². The number of aliphatic imine (C=N–C) groups is 1. The van der Waals surface area contributed by atoms with E-state index in [0.29, 0.717) is 11.3 Å². The molecular formula is C16H16N2O2. The molecule has 0 fully saturated rings. The molecule has 0 spiro atoms. The molecule has 0 aromatic heterocycles. The van der Waals surface area contributed by atoms with Gasteiger partial charge in [0.05, 0.1) is 5.69 Å². The van der Waals surface area contributed by atoms with Crippen LogP contribution in [0, 0.1) is 0 Å². The van der Waals surface area contributed by atoms with Gasteiger partial charge in [-0.25, -0.2) is 4.99 Å². The Bertz CT molecular complexity index is 601. The fourth-order valence-corrected chi connectivity index (χ4v) is 1.63. The lowest BCUT2D eigenvalue weighted by atomic mass is 10.1. The Hall–Kier alpha value is -2.62. The topological polar surface area (TPSA) is 50.7 Å². The Labute approximate surface area is 118 Å². The zero-order valence-electron chi connectivity index (χ0n) is 11.5. The summed E-state index contributed by atoms with van der Waals surface area (Å²) in [7, 11) is 1.87. The van der Waals surface area contributed by atoms with Crippen LogP contribution in [0.1, 0.15) is 17.3 Å². The number of carbonyl (C=O) groups excluding carboxylic acids is 1. The minimum atomic E-state index is 0.0369. The van der Waals surface area contributed by atoms with Gasteiger partial charge in [0, 0.05) is 18.3 Å². The monoisotopic (exact) mass is 268 g/mol. The fourth-order valence-electron chi connectivity index (χ4n) is 1.63. The summed E-state index contributed by atoms with van der Waals surface area (Å²) in [6, 6.07) is 14.6. The first-order valence-electron chi connectivity index (χ1n) is 6.27. The summed E-state index contributed by atoms with van der Waals surface area (Å²) in [6.07, 6.45) is 1.39. The molecule has 0 radical (unpaired) electrons. The maximum Gasteiger partial charge on any atom is 0.181 e. The summed E-state index contributed by atoms with van der Waals surface area (Å²) >= 11 is 0. The van der Waals surface area contributed by atoms with Crippen LogP contribution in [0.25, 0.3) is 0 Å². The molecule has 4 nitrogen and oxygen atoms in total. The summed E-state index contributed by atoms with van der Waals surface area (Å²) in [4.78, 5) is 15.3. The molecule has 4 heteroatoms. The number of nitrogens with zero attached hydrogens (tertiary/aromatic N) is 1. The van der Waals surface area contributed by atoms with Crippen molar-refractivity contribution in [1.29, 1.82) is 0 Å². The summed E-state index contributed by atoms with van der Waals surface area (Å²) in [6.45, 7) is 1.53. The second-order valence-electron chi connectivity index (χ2n) is 4.23. The predicted molar refractivity (Wildman–Crippen MR) is 81.2 cm³/mol. The highest BCUT2D eigenvalue weighted by molar-refractivity contribution is 5.94. The number of hydrogen-bond donors (Lipinski definition) is 1. The molecule has 1 N–H and O–H groups in total. The predicted octanol–water partition coefficient (Wildman–Crippen LogP) is 3.67. The zero-order valence-corrected chi connectivity index (χ0v) is 11.5. The summed E-state index contributed by atoms with van der Waals surface area (Å²) in [5.41, 5.74) is 2.51. The smallest absolute Gasteiger partial charge is 0.181 e. The quantitative estimate of drug-likeness (QED) is 0.511. The van der Waals surface area contributed by atoms with Crippen molar-refractivity contribution in [3.05, 3.63) is 54.1 Å². The number of anilines is 1. The van der Waals surface area contributed by atoms with Gasteiger partial charge in [0.1, 0.15) is 5.75 Å². The van der Waals surface area contributed by atoms with Crippen molar-refractivity contribution in [2.24, 2.45) is 4.99 Å². The molecule has 0 aliphatic heterocycles. The molecule has 0 aliphatic carbocycles. The first kappa shape index (κ1) is 13.8. The normalized spacial score (nSPS) is 10.5. The first-order chi connectivity index (χ1) is 9.69. The van der Waals surface area contributed by atoms with E-state index in [-0.39, 0.29) is 5.78 Å². The van der Waals surface area contributed by atoms with Gasteiger partial charge in [0.15, 0.2) is 12.2 Å². The summed E-state index contributed by atoms with van der Waals surface area (Å²) in [5.74, 6) is 0.681. The van der Waals surface area contributed by atoms with Crippen LogP contribution in [0.15, 0.2) is 53.5 Å². The van der Waals surface area contributed by atoms with Gasteiger partial charge in [0.2, 0.25) is 0 Å². The number of rotatable bonds is 5. The van der Waals surface area contributed by atoms with Crippen LogP contribution in [0.3, 0.4) is 0 Å². The minimum Gasteiger partial charge on any atom is -0.446 e. The second-order valence-corrected chi connectivity index (χ2v) is 4.23. The average molecular weight is 268 g/mol. The molecule has 0 atom stereocenters. The van der Waals surface area contributed by atoms with Crippen LogP contribution in [0.4, 0.5) is 11.4 Å². The molecule has 2 rings (SSSR count). The van der Waals surface area contributed by atoms with Crippen molar-refractivity contribution >= 4 is 23.6 Å². The third-order valence-electron chi connectivity index (χ3n) is 2.81. The molecule has 0 bridgehead atoms. The molecule has 0 heterocycles. The fraction of sp³-hybridized carbons (Fsp3) is 0.125. The lowest BCUT2D eigenvalue weighted by molar-refractivity contribution is 0.101. The van der Waals surface area contributed by atoms with E-state index in [1.54, 1.807) is 24.3 Å². The summed E-state index contributed by atoms with van der Waals surface area (Å²) in [5, 5.41) is 3.04. The number of carbonyl (C=O) groups is 1. The average Bonchev–Trinajstić information content (AvgIpc) is 2.48. The van der Waals surface area contributed by atoms with Crippen molar-refractivity contribution < 1.29 is 9.53 Å². The van der Waals surface area contributed by atoms with Crippen LogP contribution < -0.4 is 10.1 Å². The molecule has 0 saturated heterocycles. The molecule has 102 valence electrons. The van der Waals surface area contributed by atoms with Crippen molar-refractivity contribution in [1.82, 2.24) is 0 Å². The van der Waals surface area contributed by atoms with E-state index in [0.717, 1.165) is 11.4 Å².